The fourth-order valence-electron chi connectivity index (χ4n) is 4.38. The fourth-order valence-corrected chi connectivity index (χ4v) is 4.38. The first-order chi connectivity index (χ1) is 15.0. The van der Waals surface area contributed by atoms with E-state index in [0.717, 1.165) is 42.1 Å². The molecule has 0 saturated carbocycles. The maximum Gasteiger partial charge on any atom is 0.254 e. The summed E-state index contributed by atoms with van der Waals surface area (Å²) < 4.78 is 2.22. The van der Waals surface area contributed by atoms with Gasteiger partial charge in [0.1, 0.15) is 6.54 Å². The molecular formula is C26H30N3O2+. The standard InChI is InChI=1S/C26H29N3O2/c1-20-17-24(21(2)29(20)18-22-9-5-3-6-10-22)25(30)19-27-13-15-28(16-14-27)26(31)23-11-7-4-8-12-23/h3-12,17H,13-16,18-19H2,1-2H3/p+1. The van der Waals surface area contributed by atoms with Crippen molar-refractivity contribution in [2.75, 3.05) is 32.7 Å². The van der Waals surface area contributed by atoms with Crippen LogP contribution in [0.15, 0.2) is 66.7 Å². The molecule has 5 nitrogen and oxygen atoms in total. The summed E-state index contributed by atoms with van der Waals surface area (Å²) in [4.78, 5) is 28.8. The Morgan fingerprint density at radius 3 is 2.16 bits per heavy atom. The molecule has 1 N–H and O–H groups in total. The number of carbonyl (C=O) groups is 2. The van der Waals surface area contributed by atoms with Crippen LogP contribution in [0.4, 0.5) is 0 Å². The summed E-state index contributed by atoms with van der Waals surface area (Å²) in [5, 5.41) is 0. The van der Waals surface area contributed by atoms with Crippen molar-refractivity contribution in [3.05, 3.63) is 94.8 Å². The Hall–Kier alpha value is -3.18. The number of carbonyl (C=O) groups excluding carboxylic acids is 2. The van der Waals surface area contributed by atoms with Gasteiger partial charge < -0.3 is 14.4 Å². The SMILES string of the molecule is Cc1cc(C(=O)C[NH+]2CCN(C(=O)c3ccccc3)CC2)c(C)n1Cc1ccccc1. The number of hydrogen-bond donors (Lipinski definition) is 1. The van der Waals surface area contributed by atoms with Crippen LogP contribution >= 0.6 is 0 Å². The Kier molecular flexibility index (Phi) is 6.33. The number of nitrogens with one attached hydrogen (secondary N) is 1. The number of aromatic nitrogens is 1. The van der Waals surface area contributed by atoms with Crippen LogP contribution in [0.3, 0.4) is 0 Å². The molecule has 4 rings (SSSR count). The van der Waals surface area contributed by atoms with Crippen LogP contribution in [0, 0.1) is 13.8 Å². The summed E-state index contributed by atoms with van der Waals surface area (Å²) in [5.41, 5.74) is 4.92. The highest BCUT2D eigenvalue weighted by Gasteiger charge is 2.27. The molecule has 0 atom stereocenters. The third-order valence-corrected chi connectivity index (χ3v) is 6.25. The minimum Gasteiger partial charge on any atom is -0.344 e. The number of piperazine rings is 1. The van der Waals surface area contributed by atoms with Gasteiger partial charge in [-0.2, -0.15) is 0 Å². The molecule has 0 radical (unpaired) electrons. The van der Waals surface area contributed by atoms with Gasteiger partial charge in [0.25, 0.3) is 5.91 Å². The molecule has 2 heterocycles. The van der Waals surface area contributed by atoms with Crippen molar-refractivity contribution in [2.45, 2.75) is 20.4 Å². The van der Waals surface area contributed by atoms with Gasteiger partial charge in [-0.25, -0.2) is 0 Å². The Morgan fingerprint density at radius 2 is 1.52 bits per heavy atom. The lowest BCUT2D eigenvalue weighted by atomic mass is 10.1. The topological polar surface area (TPSA) is 46.8 Å². The van der Waals surface area contributed by atoms with Gasteiger partial charge in [-0.1, -0.05) is 48.5 Å². The van der Waals surface area contributed by atoms with Gasteiger partial charge in [-0.05, 0) is 37.6 Å². The van der Waals surface area contributed by atoms with Crippen molar-refractivity contribution in [3.63, 3.8) is 0 Å². The second-order valence-corrected chi connectivity index (χ2v) is 8.36. The van der Waals surface area contributed by atoms with Crippen molar-refractivity contribution in [2.24, 2.45) is 0 Å². The van der Waals surface area contributed by atoms with E-state index in [1.54, 1.807) is 0 Å². The number of amides is 1. The number of ketones is 1. The second-order valence-electron chi connectivity index (χ2n) is 8.36. The highest BCUT2D eigenvalue weighted by Crippen LogP contribution is 2.17. The van der Waals surface area contributed by atoms with E-state index in [1.807, 2.05) is 66.4 Å². The molecule has 160 valence electrons. The van der Waals surface area contributed by atoms with Crippen LogP contribution in [0.2, 0.25) is 0 Å². The van der Waals surface area contributed by atoms with Crippen LogP contribution in [-0.2, 0) is 6.54 Å². The van der Waals surface area contributed by atoms with Gasteiger partial charge in [0.2, 0.25) is 5.78 Å². The smallest absolute Gasteiger partial charge is 0.254 e. The van der Waals surface area contributed by atoms with Gasteiger partial charge in [-0.15, -0.1) is 0 Å². The van der Waals surface area contributed by atoms with E-state index in [9.17, 15) is 9.59 Å². The van der Waals surface area contributed by atoms with Gasteiger partial charge in [0.15, 0.2) is 0 Å². The van der Waals surface area contributed by atoms with Crippen molar-refractivity contribution < 1.29 is 14.5 Å². The first-order valence-corrected chi connectivity index (χ1v) is 10.9. The molecule has 1 aromatic heterocycles. The van der Waals surface area contributed by atoms with E-state index in [0.29, 0.717) is 19.6 Å². The summed E-state index contributed by atoms with van der Waals surface area (Å²) in [6.45, 7) is 8.32. The van der Waals surface area contributed by atoms with Gasteiger partial charge >= 0.3 is 0 Å². The van der Waals surface area contributed by atoms with E-state index in [2.05, 4.69) is 23.6 Å². The molecule has 5 heteroatoms. The van der Waals surface area contributed by atoms with Crippen molar-refractivity contribution in [1.82, 2.24) is 9.47 Å². The molecule has 0 unspecified atom stereocenters. The minimum atomic E-state index is 0.0791. The lowest BCUT2D eigenvalue weighted by Gasteiger charge is -2.32. The zero-order valence-corrected chi connectivity index (χ0v) is 18.3. The lowest BCUT2D eigenvalue weighted by Crippen LogP contribution is -3.15. The molecule has 31 heavy (non-hydrogen) atoms. The minimum absolute atomic E-state index is 0.0791. The number of Topliss-reactive ketones (excluding diaryl/α,β-unsaturated/α-hetero) is 1. The number of nitrogens with zero attached hydrogens (tertiary/aromatic N) is 2. The second kappa shape index (κ2) is 9.31. The average Bonchev–Trinajstić information content (AvgIpc) is 3.09. The predicted molar refractivity (Wildman–Crippen MR) is 122 cm³/mol. The quantitative estimate of drug-likeness (QED) is 0.627. The Morgan fingerprint density at radius 1 is 0.903 bits per heavy atom. The Bertz CT molecular complexity index is 1050. The predicted octanol–water partition coefficient (Wildman–Crippen LogP) is 2.38. The molecule has 0 aliphatic carbocycles. The molecule has 0 bridgehead atoms. The number of aryl methyl sites for hydroxylation is 1. The van der Waals surface area contributed by atoms with Crippen LogP contribution in [0.25, 0.3) is 0 Å². The summed E-state index contributed by atoms with van der Waals surface area (Å²) in [6.07, 6.45) is 0. The summed E-state index contributed by atoms with van der Waals surface area (Å²) in [6, 6.07) is 21.8. The number of rotatable bonds is 6. The normalized spacial score (nSPS) is 14.6. The summed E-state index contributed by atoms with van der Waals surface area (Å²) >= 11 is 0. The first-order valence-electron chi connectivity index (χ1n) is 10.9. The average molecular weight is 417 g/mol. The Balaban J connectivity index is 1.36. The lowest BCUT2D eigenvalue weighted by molar-refractivity contribution is -0.895. The third-order valence-electron chi connectivity index (χ3n) is 6.25. The van der Waals surface area contributed by atoms with Crippen LogP contribution in [0.1, 0.15) is 37.7 Å². The molecule has 3 aromatic rings. The molecule has 0 spiro atoms. The van der Waals surface area contributed by atoms with E-state index in [4.69, 9.17) is 0 Å². The highest BCUT2D eigenvalue weighted by molar-refractivity contribution is 5.98. The van der Waals surface area contributed by atoms with Crippen molar-refractivity contribution in [3.8, 4) is 0 Å². The zero-order chi connectivity index (χ0) is 21.8. The van der Waals surface area contributed by atoms with E-state index in [1.165, 1.54) is 10.5 Å². The maximum atomic E-state index is 13.1. The van der Waals surface area contributed by atoms with E-state index >= 15 is 0 Å². The third kappa shape index (κ3) is 4.78. The van der Waals surface area contributed by atoms with Crippen molar-refractivity contribution in [1.29, 1.82) is 0 Å². The van der Waals surface area contributed by atoms with Gasteiger partial charge in [0.05, 0.1) is 26.2 Å². The number of quaternary nitrogens is 1. The summed E-state index contributed by atoms with van der Waals surface area (Å²) in [5.74, 6) is 0.265. The highest BCUT2D eigenvalue weighted by atomic mass is 16.2. The van der Waals surface area contributed by atoms with E-state index < -0.39 is 0 Å². The van der Waals surface area contributed by atoms with Gasteiger partial charge in [0, 0.05) is 29.1 Å². The molecule has 1 fully saturated rings. The summed E-state index contributed by atoms with van der Waals surface area (Å²) in [7, 11) is 0. The van der Waals surface area contributed by atoms with Crippen LogP contribution in [-0.4, -0.2) is 53.9 Å². The van der Waals surface area contributed by atoms with Gasteiger partial charge in [-0.3, -0.25) is 9.59 Å². The molecule has 1 amide bonds. The van der Waals surface area contributed by atoms with Crippen LogP contribution in [0.5, 0.6) is 0 Å². The van der Waals surface area contributed by atoms with Crippen LogP contribution < -0.4 is 4.90 Å². The van der Waals surface area contributed by atoms with Crippen molar-refractivity contribution >= 4 is 11.7 Å². The molecule has 2 aromatic carbocycles. The first kappa shape index (κ1) is 21.1. The zero-order valence-electron chi connectivity index (χ0n) is 18.3. The monoisotopic (exact) mass is 416 g/mol. The Labute approximate surface area is 183 Å². The molecule has 1 aliphatic rings. The largest absolute Gasteiger partial charge is 0.344 e. The van der Waals surface area contributed by atoms with E-state index in [-0.39, 0.29) is 11.7 Å². The molecular weight excluding hydrogens is 386 g/mol. The molecule has 1 aliphatic heterocycles. The maximum absolute atomic E-state index is 13.1. The molecule has 1 saturated heterocycles. The number of benzene rings is 2. The number of hydrogen-bond acceptors (Lipinski definition) is 2. The fraction of sp³-hybridized carbons (Fsp3) is 0.308.